The molecule has 116 valence electrons. The number of aromatic nitrogens is 1. The molecule has 0 unspecified atom stereocenters. The van der Waals surface area contributed by atoms with Gasteiger partial charge in [-0.2, -0.15) is 0 Å². The summed E-state index contributed by atoms with van der Waals surface area (Å²) in [5.74, 6) is 2.87. The van der Waals surface area contributed by atoms with Crippen LogP contribution in [0.25, 0.3) is 0 Å². The Balaban J connectivity index is 1.79. The molecule has 1 aromatic heterocycles. The van der Waals surface area contributed by atoms with Crippen molar-refractivity contribution in [2.24, 2.45) is 16.8 Å². The maximum atomic E-state index is 5.70. The maximum absolute atomic E-state index is 5.70. The number of guanidine groups is 1. The van der Waals surface area contributed by atoms with Gasteiger partial charge >= 0.3 is 0 Å². The van der Waals surface area contributed by atoms with Gasteiger partial charge in [-0.3, -0.25) is 4.99 Å². The molecule has 21 heavy (non-hydrogen) atoms. The number of rotatable bonds is 7. The second-order valence-corrected chi connectivity index (χ2v) is 5.96. The van der Waals surface area contributed by atoms with E-state index in [0.29, 0.717) is 18.3 Å². The van der Waals surface area contributed by atoms with Crippen molar-refractivity contribution in [3.63, 3.8) is 0 Å². The number of ether oxygens (including phenoxy) is 1. The summed E-state index contributed by atoms with van der Waals surface area (Å²) < 4.78 is 5.70. The Labute approximate surface area is 127 Å². The summed E-state index contributed by atoms with van der Waals surface area (Å²) in [6.07, 6.45) is 4.38. The van der Waals surface area contributed by atoms with Crippen LogP contribution >= 0.6 is 0 Å². The van der Waals surface area contributed by atoms with E-state index in [0.717, 1.165) is 30.6 Å². The second kappa shape index (κ2) is 7.86. The van der Waals surface area contributed by atoms with Gasteiger partial charge in [-0.25, -0.2) is 4.98 Å². The van der Waals surface area contributed by atoms with Gasteiger partial charge in [-0.05, 0) is 36.3 Å². The fourth-order valence-corrected chi connectivity index (χ4v) is 1.83. The van der Waals surface area contributed by atoms with Crippen molar-refractivity contribution in [1.82, 2.24) is 15.6 Å². The lowest BCUT2D eigenvalue weighted by molar-refractivity contribution is 0.288. The van der Waals surface area contributed by atoms with Gasteiger partial charge in [0, 0.05) is 32.4 Å². The smallest absolute Gasteiger partial charge is 0.213 e. The van der Waals surface area contributed by atoms with Gasteiger partial charge in [0.2, 0.25) is 5.88 Å². The first-order valence-electron chi connectivity index (χ1n) is 7.69. The Kier molecular flexibility index (Phi) is 5.84. The number of hydrogen-bond donors (Lipinski definition) is 2. The van der Waals surface area contributed by atoms with Crippen LogP contribution in [0.4, 0.5) is 0 Å². The highest BCUT2D eigenvalue weighted by molar-refractivity contribution is 5.79. The van der Waals surface area contributed by atoms with Gasteiger partial charge in [0.05, 0.1) is 6.61 Å². The van der Waals surface area contributed by atoms with E-state index in [9.17, 15) is 0 Å². The van der Waals surface area contributed by atoms with Gasteiger partial charge in [0.1, 0.15) is 0 Å². The molecule has 0 bridgehead atoms. The van der Waals surface area contributed by atoms with E-state index in [1.807, 2.05) is 12.1 Å². The molecule has 5 heteroatoms. The first-order valence-corrected chi connectivity index (χ1v) is 7.69. The molecular weight excluding hydrogens is 264 g/mol. The van der Waals surface area contributed by atoms with E-state index in [4.69, 9.17) is 4.74 Å². The van der Waals surface area contributed by atoms with Crippen LogP contribution in [0.1, 0.15) is 32.3 Å². The van der Waals surface area contributed by atoms with E-state index in [-0.39, 0.29) is 0 Å². The van der Waals surface area contributed by atoms with Gasteiger partial charge in [-0.1, -0.05) is 13.8 Å². The molecule has 5 nitrogen and oxygen atoms in total. The lowest BCUT2D eigenvalue weighted by Gasteiger charge is -2.13. The highest BCUT2D eigenvalue weighted by Crippen LogP contribution is 2.29. The number of aliphatic imine (C=N–C) groups is 1. The van der Waals surface area contributed by atoms with E-state index in [2.05, 4.69) is 34.5 Å². The average Bonchev–Trinajstić information content (AvgIpc) is 3.30. The van der Waals surface area contributed by atoms with Crippen LogP contribution in [0, 0.1) is 11.8 Å². The number of nitrogens with zero attached hydrogens (tertiary/aromatic N) is 2. The molecule has 0 aliphatic heterocycles. The van der Waals surface area contributed by atoms with Crippen molar-refractivity contribution in [3.8, 4) is 5.88 Å². The monoisotopic (exact) mass is 290 g/mol. The minimum absolute atomic E-state index is 0.590. The molecule has 1 saturated carbocycles. The molecule has 0 aromatic carbocycles. The molecule has 0 spiro atoms. The average molecular weight is 290 g/mol. The Morgan fingerprint density at radius 2 is 2.24 bits per heavy atom. The van der Waals surface area contributed by atoms with Crippen LogP contribution < -0.4 is 15.4 Å². The van der Waals surface area contributed by atoms with E-state index in [1.165, 1.54) is 12.8 Å². The first kappa shape index (κ1) is 15.6. The van der Waals surface area contributed by atoms with Crippen molar-refractivity contribution < 1.29 is 4.74 Å². The normalized spacial score (nSPS) is 15.1. The van der Waals surface area contributed by atoms with Gasteiger partial charge in [-0.15, -0.1) is 0 Å². The van der Waals surface area contributed by atoms with E-state index >= 15 is 0 Å². The highest BCUT2D eigenvalue weighted by atomic mass is 16.5. The third-order valence-corrected chi connectivity index (χ3v) is 3.32. The van der Waals surface area contributed by atoms with Crippen LogP contribution in [0.15, 0.2) is 23.3 Å². The molecule has 0 radical (unpaired) electrons. The van der Waals surface area contributed by atoms with Crippen molar-refractivity contribution in [2.45, 2.75) is 33.2 Å². The molecule has 1 aromatic rings. The third kappa shape index (κ3) is 6.02. The molecule has 1 aliphatic rings. The Bertz CT molecular complexity index is 469. The van der Waals surface area contributed by atoms with Crippen molar-refractivity contribution in [1.29, 1.82) is 0 Å². The lowest BCUT2D eigenvalue weighted by Crippen LogP contribution is -2.38. The highest BCUT2D eigenvalue weighted by Gasteiger charge is 2.22. The van der Waals surface area contributed by atoms with Crippen molar-refractivity contribution in [3.05, 3.63) is 23.9 Å². The Morgan fingerprint density at radius 1 is 1.43 bits per heavy atom. The van der Waals surface area contributed by atoms with Crippen LogP contribution in [0.2, 0.25) is 0 Å². The SMILES string of the molecule is CN=C(NCc1ccnc(OCC2CC2)c1)NCC(C)C. The summed E-state index contributed by atoms with van der Waals surface area (Å²) in [5, 5.41) is 6.60. The van der Waals surface area contributed by atoms with Gasteiger partial charge in [0.25, 0.3) is 0 Å². The van der Waals surface area contributed by atoms with E-state index < -0.39 is 0 Å². The molecule has 2 rings (SSSR count). The molecule has 1 heterocycles. The molecule has 0 amide bonds. The molecular formula is C16H26N4O. The largest absolute Gasteiger partial charge is 0.477 e. The Hall–Kier alpha value is -1.78. The predicted octanol–water partition coefficient (Wildman–Crippen LogP) is 2.19. The van der Waals surface area contributed by atoms with Crippen molar-refractivity contribution in [2.75, 3.05) is 20.2 Å². The van der Waals surface area contributed by atoms with Crippen LogP contribution in [-0.4, -0.2) is 31.1 Å². The molecule has 2 N–H and O–H groups in total. The maximum Gasteiger partial charge on any atom is 0.213 e. The zero-order valence-corrected chi connectivity index (χ0v) is 13.2. The second-order valence-electron chi connectivity index (χ2n) is 5.96. The summed E-state index contributed by atoms with van der Waals surface area (Å²) in [6, 6.07) is 3.98. The van der Waals surface area contributed by atoms with Crippen LogP contribution in [0.3, 0.4) is 0 Å². The fraction of sp³-hybridized carbons (Fsp3) is 0.625. The predicted molar refractivity (Wildman–Crippen MR) is 85.5 cm³/mol. The minimum atomic E-state index is 0.590. The zero-order valence-electron chi connectivity index (χ0n) is 13.2. The molecule has 1 aliphatic carbocycles. The summed E-state index contributed by atoms with van der Waals surface area (Å²) in [5.41, 5.74) is 1.14. The first-order chi connectivity index (χ1) is 10.2. The third-order valence-electron chi connectivity index (χ3n) is 3.32. The van der Waals surface area contributed by atoms with Gasteiger partial charge in [0.15, 0.2) is 5.96 Å². The lowest BCUT2D eigenvalue weighted by atomic mass is 10.2. The van der Waals surface area contributed by atoms with E-state index in [1.54, 1.807) is 13.2 Å². The zero-order chi connectivity index (χ0) is 15.1. The summed E-state index contributed by atoms with van der Waals surface area (Å²) in [6.45, 7) is 6.76. The minimum Gasteiger partial charge on any atom is -0.477 e. The number of nitrogens with one attached hydrogen (secondary N) is 2. The topological polar surface area (TPSA) is 58.5 Å². The summed E-state index contributed by atoms with van der Waals surface area (Å²) in [7, 11) is 1.78. The quantitative estimate of drug-likeness (QED) is 0.597. The Morgan fingerprint density at radius 3 is 2.90 bits per heavy atom. The molecule has 0 saturated heterocycles. The molecule has 0 atom stereocenters. The van der Waals surface area contributed by atoms with Crippen molar-refractivity contribution >= 4 is 5.96 Å². The summed E-state index contributed by atoms with van der Waals surface area (Å²) in [4.78, 5) is 8.46. The fourth-order valence-electron chi connectivity index (χ4n) is 1.83. The number of pyridine rings is 1. The van der Waals surface area contributed by atoms with Gasteiger partial charge < -0.3 is 15.4 Å². The van der Waals surface area contributed by atoms with Crippen LogP contribution in [-0.2, 0) is 6.54 Å². The summed E-state index contributed by atoms with van der Waals surface area (Å²) >= 11 is 0. The molecule has 1 fully saturated rings. The van der Waals surface area contributed by atoms with Crippen LogP contribution in [0.5, 0.6) is 5.88 Å². The number of hydrogen-bond acceptors (Lipinski definition) is 3. The standard InChI is InChI=1S/C16H26N4O/c1-12(2)9-19-16(17-3)20-10-14-6-7-18-15(8-14)21-11-13-4-5-13/h6-8,12-13H,4-5,9-11H2,1-3H3,(H2,17,19,20).